The smallest absolute Gasteiger partial charge is 0.163 e. The zero-order chi connectivity index (χ0) is 21.2. The van der Waals surface area contributed by atoms with Crippen molar-refractivity contribution in [3.05, 3.63) is 59.7 Å². The summed E-state index contributed by atoms with van der Waals surface area (Å²) in [5.74, 6) is 0.0374. The summed E-state index contributed by atoms with van der Waals surface area (Å²) in [7, 11) is 0. The van der Waals surface area contributed by atoms with Crippen molar-refractivity contribution >= 4 is 23.7 Å². The third-order valence-electron chi connectivity index (χ3n) is 3.84. The summed E-state index contributed by atoms with van der Waals surface area (Å²) in [6.07, 6.45) is 5.51. The standard InChI is InChI=1S/C23H24O6/c1-3-28-22-13-16(7-11-20(22)26)5-9-18(24)15-19(25)10-6-17-8-12-21(27)23(14-17)29-4-2/h5-14,26-27H,3-4,15H2,1-2H3. The first-order valence-electron chi connectivity index (χ1n) is 9.26. The molecule has 2 N–H and O–H groups in total. The van der Waals surface area contributed by atoms with Gasteiger partial charge in [-0.1, -0.05) is 24.3 Å². The van der Waals surface area contributed by atoms with E-state index in [-0.39, 0.29) is 29.5 Å². The Morgan fingerprint density at radius 1 is 0.793 bits per heavy atom. The molecule has 0 aliphatic rings. The largest absolute Gasteiger partial charge is 0.504 e. The normalized spacial score (nSPS) is 11.1. The first-order valence-corrected chi connectivity index (χ1v) is 9.26. The number of phenolic OH excluding ortho intramolecular Hbond substituents is 2. The highest BCUT2D eigenvalue weighted by molar-refractivity contribution is 6.10. The van der Waals surface area contributed by atoms with E-state index in [4.69, 9.17) is 9.47 Å². The minimum atomic E-state index is -0.341. The molecule has 0 heterocycles. The van der Waals surface area contributed by atoms with E-state index in [1.807, 2.05) is 0 Å². The number of rotatable bonds is 10. The van der Waals surface area contributed by atoms with Crippen LogP contribution in [0.25, 0.3) is 12.2 Å². The van der Waals surface area contributed by atoms with E-state index in [0.717, 1.165) is 0 Å². The van der Waals surface area contributed by atoms with Gasteiger partial charge in [0.25, 0.3) is 0 Å². The zero-order valence-corrected chi connectivity index (χ0v) is 16.4. The number of carbonyl (C=O) groups excluding carboxylic acids is 2. The summed E-state index contributed by atoms with van der Waals surface area (Å²) >= 11 is 0. The second kappa shape index (κ2) is 10.7. The van der Waals surface area contributed by atoms with Crippen LogP contribution in [0.4, 0.5) is 0 Å². The molecule has 2 rings (SSSR count). The van der Waals surface area contributed by atoms with Gasteiger partial charge in [-0.3, -0.25) is 9.59 Å². The van der Waals surface area contributed by atoms with Gasteiger partial charge in [-0.25, -0.2) is 0 Å². The fourth-order valence-electron chi connectivity index (χ4n) is 2.48. The van der Waals surface area contributed by atoms with Gasteiger partial charge in [-0.2, -0.15) is 0 Å². The molecule has 0 atom stereocenters. The molecular weight excluding hydrogens is 372 g/mol. The quantitative estimate of drug-likeness (QED) is 0.463. The number of allylic oxidation sites excluding steroid dienone is 2. The van der Waals surface area contributed by atoms with Gasteiger partial charge >= 0.3 is 0 Å². The molecule has 0 bridgehead atoms. The third-order valence-corrected chi connectivity index (χ3v) is 3.84. The van der Waals surface area contributed by atoms with E-state index in [1.54, 1.807) is 50.3 Å². The Morgan fingerprint density at radius 3 is 1.59 bits per heavy atom. The first-order chi connectivity index (χ1) is 13.9. The fourth-order valence-corrected chi connectivity index (χ4v) is 2.48. The lowest BCUT2D eigenvalue weighted by Gasteiger charge is -2.06. The van der Waals surface area contributed by atoms with Gasteiger partial charge in [0.05, 0.1) is 19.6 Å². The molecule has 0 unspecified atom stereocenters. The number of benzene rings is 2. The minimum Gasteiger partial charge on any atom is -0.504 e. The summed E-state index contributed by atoms with van der Waals surface area (Å²) in [6.45, 7) is 4.43. The molecule has 0 saturated heterocycles. The Hall–Kier alpha value is -3.54. The van der Waals surface area contributed by atoms with Crippen LogP contribution < -0.4 is 9.47 Å². The second-order valence-electron chi connectivity index (χ2n) is 6.10. The molecule has 0 aliphatic heterocycles. The molecular formula is C23H24O6. The van der Waals surface area contributed by atoms with Crippen molar-refractivity contribution in [1.82, 2.24) is 0 Å². The molecule has 29 heavy (non-hydrogen) atoms. The van der Waals surface area contributed by atoms with E-state index < -0.39 is 0 Å². The molecule has 0 fully saturated rings. The maximum atomic E-state index is 12.0. The van der Waals surface area contributed by atoms with Gasteiger partial charge in [-0.15, -0.1) is 0 Å². The maximum Gasteiger partial charge on any atom is 0.163 e. The van der Waals surface area contributed by atoms with Crippen molar-refractivity contribution in [2.45, 2.75) is 20.3 Å². The number of ether oxygens (including phenoxy) is 2. The Morgan fingerprint density at radius 2 is 1.21 bits per heavy atom. The van der Waals surface area contributed by atoms with Crippen molar-refractivity contribution in [1.29, 1.82) is 0 Å². The molecule has 2 aromatic carbocycles. The topological polar surface area (TPSA) is 93.1 Å². The lowest BCUT2D eigenvalue weighted by molar-refractivity contribution is -0.121. The molecule has 0 saturated carbocycles. The minimum absolute atomic E-state index is 0.0253. The highest BCUT2D eigenvalue weighted by Gasteiger charge is 2.06. The highest BCUT2D eigenvalue weighted by atomic mass is 16.5. The van der Waals surface area contributed by atoms with E-state index in [1.165, 1.54) is 24.3 Å². The molecule has 0 amide bonds. The van der Waals surface area contributed by atoms with Crippen LogP contribution in [-0.4, -0.2) is 35.0 Å². The summed E-state index contributed by atoms with van der Waals surface area (Å²) < 4.78 is 10.6. The summed E-state index contributed by atoms with van der Waals surface area (Å²) in [4.78, 5) is 24.0. The number of phenols is 2. The SMILES string of the molecule is CCOc1cc(C=CC(=O)CC(=O)C=Cc2ccc(O)c(OCC)c2)ccc1O. The second-order valence-corrected chi connectivity index (χ2v) is 6.10. The monoisotopic (exact) mass is 396 g/mol. The van der Waals surface area contributed by atoms with Crippen LogP contribution in [0.1, 0.15) is 31.4 Å². The number of ketones is 2. The van der Waals surface area contributed by atoms with Crippen LogP contribution in [0.5, 0.6) is 23.0 Å². The van der Waals surface area contributed by atoms with E-state index >= 15 is 0 Å². The van der Waals surface area contributed by atoms with Crippen LogP contribution in [0.15, 0.2) is 48.6 Å². The third kappa shape index (κ3) is 6.84. The average molecular weight is 396 g/mol. The Kier molecular flexibility index (Phi) is 8.03. The van der Waals surface area contributed by atoms with Crippen molar-refractivity contribution in [3.63, 3.8) is 0 Å². The molecule has 0 aliphatic carbocycles. The molecule has 0 radical (unpaired) electrons. The Bertz CT molecular complexity index is 851. The molecule has 0 aromatic heterocycles. The lowest BCUT2D eigenvalue weighted by atomic mass is 10.1. The average Bonchev–Trinajstić information content (AvgIpc) is 2.69. The first kappa shape index (κ1) is 21.8. The van der Waals surface area contributed by atoms with E-state index in [9.17, 15) is 19.8 Å². The number of carbonyl (C=O) groups is 2. The van der Waals surface area contributed by atoms with Gasteiger partial charge in [0.2, 0.25) is 0 Å². The molecule has 0 spiro atoms. The van der Waals surface area contributed by atoms with Gasteiger partial charge in [0, 0.05) is 0 Å². The Labute approximate surface area is 169 Å². The molecule has 152 valence electrons. The van der Waals surface area contributed by atoms with Crippen LogP contribution in [0.2, 0.25) is 0 Å². The van der Waals surface area contributed by atoms with Crippen molar-refractivity contribution in [3.8, 4) is 23.0 Å². The molecule has 6 heteroatoms. The zero-order valence-electron chi connectivity index (χ0n) is 16.4. The highest BCUT2D eigenvalue weighted by Crippen LogP contribution is 2.28. The van der Waals surface area contributed by atoms with E-state index in [0.29, 0.717) is 35.8 Å². The maximum absolute atomic E-state index is 12.0. The molecule has 2 aromatic rings. The number of hydrogen-bond acceptors (Lipinski definition) is 6. The van der Waals surface area contributed by atoms with Gasteiger partial charge in [0.15, 0.2) is 34.6 Å². The summed E-state index contributed by atoms with van der Waals surface area (Å²) in [6, 6.07) is 9.49. The van der Waals surface area contributed by atoms with Crippen molar-refractivity contribution in [2.24, 2.45) is 0 Å². The van der Waals surface area contributed by atoms with Crippen LogP contribution in [0, 0.1) is 0 Å². The van der Waals surface area contributed by atoms with Gasteiger partial charge in [-0.05, 0) is 61.4 Å². The lowest BCUT2D eigenvalue weighted by Crippen LogP contribution is -2.02. The number of hydrogen-bond donors (Lipinski definition) is 2. The van der Waals surface area contributed by atoms with Gasteiger partial charge in [0.1, 0.15) is 0 Å². The summed E-state index contributed by atoms with van der Waals surface area (Å²) in [5, 5.41) is 19.4. The van der Waals surface area contributed by atoms with Crippen LogP contribution in [-0.2, 0) is 9.59 Å². The fraction of sp³-hybridized carbons (Fsp3) is 0.217. The molecule has 6 nitrogen and oxygen atoms in total. The predicted octanol–water partition coefficient (Wildman–Crippen LogP) is 4.15. The Balaban J connectivity index is 1.96. The van der Waals surface area contributed by atoms with E-state index in [2.05, 4.69) is 0 Å². The van der Waals surface area contributed by atoms with Crippen molar-refractivity contribution in [2.75, 3.05) is 13.2 Å². The van der Waals surface area contributed by atoms with Gasteiger partial charge < -0.3 is 19.7 Å². The summed E-state index contributed by atoms with van der Waals surface area (Å²) in [5.41, 5.74) is 1.35. The van der Waals surface area contributed by atoms with Crippen molar-refractivity contribution < 1.29 is 29.3 Å². The van der Waals surface area contributed by atoms with Crippen LogP contribution >= 0.6 is 0 Å². The number of aromatic hydroxyl groups is 2. The van der Waals surface area contributed by atoms with Crippen LogP contribution in [0.3, 0.4) is 0 Å². The predicted molar refractivity (Wildman–Crippen MR) is 111 cm³/mol.